The van der Waals surface area contributed by atoms with Crippen molar-refractivity contribution in [2.24, 2.45) is 0 Å². The van der Waals surface area contributed by atoms with Gasteiger partial charge in [0.15, 0.2) is 0 Å². The van der Waals surface area contributed by atoms with Crippen LogP contribution in [0.15, 0.2) is 0 Å². The van der Waals surface area contributed by atoms with Gasteiger partial charge in [0, 0.05) is 0 Å². The molecule has 0 bridgehead atoms. The van der Waals surface area contributed by atoms with Gasteiger partial charge in [-0.05, 0) is 0 Å². The first-order valence-electron chi connectivity index (χ1n) is 0. The molecule has 0 atom stereocenters. The Hall–Kier alpha value is 0.720. The largest absolute Gasteiger partial charge is 1.00 e. The molecule has 8 heavy (non-hydrogen) atoms. The van der Waals surface area contributed by atoms with Crippen molar-refractivity contribution in [1.29, 1.82) is 0 Å². The van der Waals surface area contributed by atoms with Crippen molar-refractivity contribution in [3.63, 3.8) is 0 Å². The van der Waals surface area contributed by atoms with Crippen molar-refractivity contribution in [3.05, 3.63) is 0 Å². The Kier molecular flexibility index (Phi) is 84200. The van der Waals surface area contributed by atoms with Gasteiger partial charge in [0.25, 0.3) is 0 Å². The van der Waals surface area contributed by atoms with Crippen molar-refractivity contribution in [2.45, 2.75) is 0 Å². The molecule has 0 aromatic rings. The molecule has 0 spiro atoms. The van der Waals surface area contributed by atoms with Crippen LogP contribution in [-0.4, -0.2) is 17.6 Å². The van der Waals surface area contributed by atoms with Crippen LogP contribution < -0.4 is 18.9 Å². The zero-order valence-electron chi connectivity index (χ0n) is 4.45. The van der Waals surface area contributed by atoms with Crippen molar-refractivity contribution < 1.29 is 48.5 Å². The van der Waals surface area contributed by atoms with E-state index in [2.05, 4.69) is 0 Å². The molecule has 0 aromatic carbocycles. The molecule has 0 heterocycles. The first-order valence-corrected chi connectivity index (χ1v) is 0. The summed E-state index contributed by atoms with van der Waals surface area (Å²) < 4.78 is 0. The SMILES string of the molecule is F.F.F.F.F.F.[GeH4].[H-].[Li+]. The van der Waals surface area contributed by atoms with E-state index in [-0.39, 0.29) is 66.1 Å². The number of halogens is 6. The average molecular weight is 205 g/mol. The number of hydrogen-bond acceptors (Lipinski definition) is 0. The third-order valence-electron chi connectivity index (χ3n) is 0. The van der Waals surface area contributed by atoms with Crippen LogP contribution in [0.1, 0.15) is 1.43 Å². The van der Waals surface area contributed by atoms with E-state index in [0.29, 0.717) is 0 Å². The Balaban J connectivity index is 0. The average Bonchev–Trinajstić information content (AvgIpc) is 0. The summed E-state index contributed by atoms with van der Waals surface area (Å²) in [7, 11) is 0. The summed E-state index contributed by atoms with van der Waals surface area (Å²) >= 11 is 0. The van der Waals surface area contributed by atoms with Gasteiger partial charge in [0.2, 0.25) is 0 Å². The Bertz CT molecular complexity index is 13.0. The maximum atomic E-state index is 0. The molecule has 0 saturated carbocycles. The van der Waals surface area contributed by atoms with Gasteiger partial charge in [-0.1, -0.05) is 0 Å². The van der Waals surface area contributed by atoms with Crippen LogP contribution in [0.4, 0.5) is 28.2 Å². The minimum atomic E-state index is 0. The van der Waals surface area contributed by atoms with Crippen LogP contribution in [0.5, 0.6) is 0 Å². The summed E-state index contributed by atoms with van der Waals surface area (Å²) in [5.74, 6) is 0. The van der Waals surface area contributed by atoms with Crippen LogP contribution in [0.3, 0.4) is 0 Å². The second-order valence-electron chi connectivity index (χ2n) is 0. The van der Waals surface area contributed by atoms with Gasteiger partial charge in [-0.25, -0.2) is 0 Å². The quantitative estimate of drug-likeness (QED) is 0.285. The van der Waals surface area contributed by atoms with Crippen LogP contribution in [-0.2, 0) is 0 Å². The fraction of sp³-hybridized carbons (Fsp3) is 0. The predicted octanol–water partition coefficient (Wildman–Crippen LogP) is -3.42. The smallest absolute Gasteiger partial charge is 1.00 e. The Morgan fingerprint density at radius 1 is 0.500 bits per heavy atom. The van der Waals surface area contributed by atoms with Crippen molar-refractivity contribution in [1.82, 2.24) is 0 Å². The molecule has 8 heteroatoms. The Morgan fingerprint density at radius 2 is 0.500 bits per heavy atom. The predicted molar refractivity (Wildman–Crippen MR) is 27.5 cm³/mol. The minimum Gasteiger partial charge on any atom is -1.00 e. The van der Waals surface area contributed by atoms with E-state index < -0.39 is 0 Å². The number of rotatable bonds is 0. The molecule has 0 aromatic heterocycles. The third kappa shape index (κ3) is 424. The van der Waals surface area contributed by atoms with Crippen molar-refractivity contribution in [3.8, 4) is 0 Å². The topological polar surface area (TPSA) is 0 Å². The van der Waals surface area contributed by atoms with Gasteiger partial charge in [-0.2, -0.15) is 0 Å². The van der Waals surface area contributed by atoms with Gasteiger partial charge >= 0.3 is 36.5 Å². The molecule has 0 aliphatic heterocycles. The molecule has 0 amide bonds. The fourth-order valence-corrected chi connectivity index (χ4v) is 0. The third-order valence-corrected chi connectivity index (χ3v) is 0. The molecular weight excluding hydrogens is 194 g/mol. The Labute approximate surface area is 66.6 Å². The summed E-state index contributed by atoms with van der Waals surface area (Å²) in [6, 6.07) is 0. The van der Waals surface area contributed by atoms with Crippen molar-refractivity contribution in [2.75, 3.05) is 0 Å². The van der Waals surface area contributed by atoms with E-state index >= 15 is 0 Å². The first-order chi connectivity index (χ1) is 0. The van der Waals surface area contributed by atoms with E-state index in [9.17, 15) is 0 Å². The molecule has 58 valence electrons. The summed E-state index contributed by atoms with van der Waals surface area (Å²) in [5, 5.41) is 0. The number of hydrogen-bond donors (Lipinski definition) is 0. The van der Waals surface area contributed by atoms with Crippen molar-refractivity contribution >= 4 is 17.6 Å². The van der Waals surface area contributed by atoms with Crippen LogP contribution >= 0.6 is 0 Å². The molecule has 0 aliphatic rings. The standard InChI is InChI=1S/6FH.GeH4.Li.H/h6*1H;1H4;;/q;;;;;;;+1;-1. The molecular formula is H11F6GeLi. The summed E-state index contributed by atoms with van der Waals surface area (Å²) in [6.07, 6.45) is 0. The molecule has 0 nitrogen and oxygen atoms in total. The molecule has 0 saturated heterocycles. The summed E-state index contributed by atoms with van der Waals surface area (Å²) in [5.41, 5.74) is 0. The van der Waals surface area contributed by atoms with Gasteiger partial charge in [0.05, 0.1) is 0 Å². The zero-order chi connectivity index (χ0) is 0. The fourth-order valence-electron chi connectivity index (χ4n) is 0. The van der Waals surface area contributed by atoms with E-state index in [0.717, 1.165) is 0 Å². The van der Waals surface area contributed by atoms with Crippen LogP contribution in [0.25, 0.3) is 0 Å². The van der Waals surface area contributed by atoms with E-state index in [4.69, 9.17) is 0 Å². The van der Waals surface area contributed by atoms with E-state index in [1.807, 2.05) is 0 Å². The second-order valence-corrected chi connectivity index (χ2v) is 0. The van der Waals surface area contributed by atoms with Gasteiger partial charge in [0.1, 0.15) is 0 Å². The summed E-state index contributed by atoms with van der Waals surface area (Å²) in [6.45, 7) is 0. The zero-order valence-corrected chi connectivity index (χ0v) is 3.45. The van der Waals surface area contributed by atoms with Crippen LogP contribution in [0, 0.1) is 0 Å². The monoisotopic (exact) mass is 206 g/mol. The maximum absolute atomic E-state index is 0. The van der Waals surface area contributed by atoms with E-state index in [1.165, 1.54) is 0 Å². The normalized spacial score (nSPS) is 0. The van der Waals surface area contributed by atoms with E-state index in [1.54, 1.807) is 0 Å². The van der Waals surface area contributed by atoms with Gasteiger partial charge in [-0.15, -0.1) is 0 Å². The van der Waals surface area contributed by atoms with Crippen LogP contribution in [0.2, 0.25) is 0 Å². The Morgan fingerprint density at radius 3 is 0.500 bits per heavy atom. The molecule has 0 radical (unpaired) electrons. The van der Waals surface area contributed by atoms with Gasteiger partial charge < -0.3 is 1.43 Å². The first kappa shape index (κ1) is 1000. The molecule has 0 aliphatic carbocycles. The van der Waals surface area contributed by atoms with Gasteiger partial charge in [-0.3, -0.25) is 28.2 Å². The summed E-state index contributed by atoms with van der Waals surface area (Å²) in [4.78, 5) is 0. The minimum absolute atomic E-state index is 0. The molecule has 0 fully saturated rings. The maximum Gasteiger partial charge on any atom is 1.00 e. The molecule has 0 N–H and O–H groups in total. The second kappa shape index (κ2) is 672. The molecule has 0 unspecified atom stereocenters. The molecule has 0 rings (SSSR count).